The molecule has 118 valence electrons. The van der Waals surface area contributed by atoms with Gasteiger partial charge in [0, 0.05) is 38.3 Å². The third kappa shape index (κ3) is 4.53. The Morgan fingerprint density at radius 1 is 1.05 bits per heavy atom. The van der Waals surface area contributed by atoms with Crippen molar-refractivity contribution in [3.8, 4) is 0 Å². The van der Waals surface area contributed by atoms with E-state index in [0.717, 1.165) is 19.6 Å². The molecule has 2 rings (SSSR count). The number of hydrogen-bond acceptors (Lipinski definition) is 3. The Bertz CT molecular complexity index is 425. The van der Waals surface area contributed by atoms with Gasteiger partial charge in [-0.05, 0) is 44.4 Å². The normalized spacial score (nSPS) is 19.7. The fraction of sp³-hybridized carbons (Fsp3) is 0.667. The van der Waals surface area contributed by atoms with Crippen molar-refractivity contribution in [3.63, 3.8) is 0 Å². The van der Waals surface area contributed by atoms with Crippen LogP contribution in [0.5, 0.6) is 0 Å². The molecule has 1 aliphatic rings. The third-order valence-electron chi connectivity index (χ3n) is 4.63. The lowest BCUT2D eigenvalue weighted by Gasteiger charge is -2.42. The molecule has 1 aromatic carbocycles. The third-order valence-corrected chi connectivity index (χ3v) is 4.63. The van der Waals surface area contributed by atoms with Crippen LogP contribution >= 0.6 is 0 Å². The number of nitrogens with two attached hydrogens (primary N) is 1. The van der Waals surface area contributed by atoms with Gasteiger partial charge in [0.2, 0.25) is 0 Å². The predicted octanol–water partition coefficient (Wildman–Crippen LogP) is 2.66. The molecule has 3 heteroatoms. The number of nitrogens with zero attached hydrogens (tertiary/aromatic N) is 2. The van der Waals surface area contributed by atoms with Gasteiger partial charge in [0.25, 0.3) is 0 Å². The summed E-state index contributed by atoms with van der Waals surface area (Å²) in [5.41, 5.74) is 8.78. The molecule has 0 spiro atoms. The molecule has 0 saturated carbocycles. The lowest BCUT2D eigenvalue weighted by Crippen LogP contribution is -2.53. The van der Waals surface area contributed by atoms with Gasteiger partial charge in [-0.1, -0.05) is 31.2 Å². The van der Waals surface area contributed by atoms with Crippen molar-refractivity contribution in [3.05, 3.63) is 35.4 Å². The molecule has 0 bridgehead atoms. The zero-order valence-corrected chi connectivity index (χ0v) is 14.1. The van der Waals surface area contributed by atoms with Gasteiger partial charge in [0.1, 0.15) is 0 Å². The first-order chi connectivity index (χ1) is 9.90. The standard InChI is InChI=1S/C18H31N3/c1-15(13-19)17-7-5-16(6-8-17)14-20-9-11-21(12-10-20)18(2,3)4/h5-8,15H,9-14,19H2,1-4H3. The maximum Gasteiger partial charge on any atom is 0.0234 e. The van der Waals surface area contributed by atoms with E-state index in [0.29, 0.717) is 18.0 Å². The largest absolute Gasteiger partial charge is 0.330 e. The summed E-state index contributed by atoms with van der Waals surface area (Å²) < 4.78 is 0. The van der Waals surface area contributed by atoms with Crippen LogP contribution in [-0.4, -0.2) is 48.1 Å². The van der Waals surface area contributed by atoms with Crippen molar-refractivity contribution in [2.24, 2.45) is 5.73 Å². The van der Waals surface area contributed by atoms with Crippen LogP contribution in [0.1, 0.15) is 44.7 Å². The second-order valence-electron chi connectivity index (χ2n) is 7.31. The topological polar surface area (TPSA) is 32.5 Å². The van der Waals surface area contributed by atoms with Gasteiger partial charge >= 0.3 is 0 Å². The minimum absolute atomic E-state index is 0.298. The molecule has 1 heterocycles. The molecule has 21 heavy (non-hydrogen) atoms. The summed E-state index contributed by atoms with van der Waals surface area (Å²) in [6, 6.07) is 8.99. The average molecular weight is 289 g/mol. The summed E-state index contributed by atoms with van der Waals surface area (Å²) in [6.45, 7) is 15.6. The second-order valence-corrected chi connectivity index (χ2v) is 7.31. The van der Waals surface area contributed by atoms with Crippen LogP contribution in [0.2, 0.25) is 0 Å². The van der Waals surface area contributed by atoms with Gasteiger partial charge in [0.15, 0.2) is 0 Å². The molecule has 1 atom stereocenters. The van der Waals surface area contributed by atoms with E-state index in [1.165, 1.54) is 24.2 Å². The van der Waals surface area contributed by atoms with E-state index in [4.69, 9.17) is 5.73 Å². The Kier molecular flexibility index (Phi) is 5.42. The SMILES string of the molecule is CC(CN)c1ccc(CN2CCN(C(C)(C)C)CC2)cc1. The second kappa shape index (κ2) is 6.91. The molecule has 1 unspecified atom stereocenters. The van der Waals surface area contributed by atoms with E-state index in [-0.39, 0.29) is 0 Å². The lowest BCUT2D eigenvalue weighted by molar-refractivity contribution is 0.0591. The minimum atomic E-state index is 0.298. The number of hydrogen-bond donors (Lipinski definition) is 1. The maximum atomic E-state index is 5.73. The van der Waals surface area contributed by atoms with E-state index in [1.54, 1.807) is 0 Å². The highest BCUT2D eigenvalue weighted by Gasteiger charge is 2.25. The molecule has 1 aromatic rings. The van der Waals surface area contributed by atoms with Gasteiger partial charge < -0.3 is 5.73 Å². The van der Waals surface area contributed by atoms with Crippen LogP contribution < -0.4 is 5.73 Å². The maximum absolute atomic E-state index is 5.73. The van der Waals surface area contributed by atoms with E-state index in [2.05, 4.69) is 61.8 Å². The molecule has 0 radical (unpaired) electrons. The van der Waals surface area contributed by atoms with Crippen molar-refractivity contribution < 1.29 is 0 Å². The van der Waals surface area contributed by atoms with Gasteiger partial charge in [-0.15, -0.1) is 0 Å². The first kappa shape index (κ1) is 16.5. The Hall–Kier alpha value is -0.900. The monoisotopic (exact) mass is 289 g/mol. The molecular formula is C18H31N3. The predicted molar refractivity (Wildman–Crippen MR) is 90.5 cm³/mol. The molecular weight excluding hydrogens is 258 g/mol. The summed E-state index contributed by atoms with van der Waals surface area (Å²) in [7, 11) is 0. The van der Waals surface area contributed by atoms with Crippen LogP contribution in [0, 0.1) is 0 Å². The molecule has 2 N–H and O–H groups in total. The van der Waals surface area contributed by atoms with Crippen molar-refractivity contribution >= 4 is 0 Å². The highest BCUT2D eigenvalue weighted by atomic mass is 15.3. The first-order valence-electron chi connectivity index (χ1n) is 8.16. The summed E-state index contributed by atoms with van der Waals surface area (Å²) in [6.07, 6.45) is 0. The van der Waals surface area contributed by atoms with Crippen molar-refractivity contribution in [2.75, 3.05) is 32.7 Å². The number of benzene rings is 1. The van der Waals surface area contributed by atoms with Gasteiger partial charge in [-0.3, -0.25) is 9.80 Å². The highest BCUT2D eigenvalue weighted by Crippen LogP contribution is 2.18. The molecule has 0 aliphatic carbocycles. The Balaban J connectivity index is 1.86. The lowest BCUT2D eigenvalue weighted by atomic mass is 10.00. The Labute approximate surface area is 130 Å². The first-order valence-corrected chi connectivity index (χ1v) is 8.16. The summed E-state index contributed by atoms with van der Waals surface area (Å²) in [5, 5.41) is 0. The van der Waals surface area contributed by atoms with Crippen LogP contribution in [0.25, 0.3) is 0 Å². The smallest absolute Gasteiger partial charge is 0.0234 e. The van der Waals surface area contributed by atoms with Crippen LogP contribution in [0.15, 0.2) is 24.3 Å². The van der Waals surface area contributed by atoms with E-state index in [1.807, 2.05) is 0 Å². The zero-order valence-electron chi connectivity index (χ0n) is 14.1. The average Bonchev–Trinajstić information content (AvgIpc) is 2.47. The fourth-order valence-electron chi connectivity index (χ4n) is 2.92. The molecule has 3 nitrogen and oxygen atoms in total. The molecule has 0 aromatic heterocycles. The number of rotatable bonds is 4. The van der Waals surface area contributed by atoms with Crippen LogP contribution in [0.3, 0.4) is 0 Å². The fourth-order valence-corrected chi connectivity index (χ4v) is 2.92. The molecule has 1 aliphatic heterocycles. The van der Waals surface area contributed by atoms with Crippen molar-refractivity contribution in [1.29, 1.82) is 0 Å². The van der Waals surface area contributed by atoms with Gasteiger partial charge in [-0.25, -0.2) is 0 Å². The Morgan fingerprint density at radius 2 is 1.62 bits per heavy atom. The zero-order chi connectivity index (χ0) is 15.5. The molecule has 1 saturated heterocycles. The minimum Gasteiger partial charge on any atom is -0.330 e. The highest BCUT2D eigenvalue weighted by molar-refractivity contribution is 5.25. The van der Waals surface area contributed by atoms with Crippen molar-refractivity contribution in [2.45, 2.75) is 45.7 Å². The summed E-state index contributed by atoms with van der Waals surface area (Å²) >= 11 is 0. The van der Waals surface area contributed by atoms with E-state index in [9.17, 15) is 0 Å². The van der Waals surface area contributed by atoms with Crippen molar-refractivity contribution in [1.82, 2.24) is 9.80 Å². The molecule has 1 fully saturated rings. The van der Waals surface area contributed by atoms with Crippen LogP contribution in [0.4, 0.5) is 0 Å². The van der Waals surface area contributed by atoms with Gasteiger partial charge in [-0.2, -0.15) is 0 Å². The van der Waals surface area contributed by atoms with Gasteiger partial charge in [0.05, 0.1) is 0 Å². The molecule has 0 amide bonds. The van der Waals surface area contributed by atoms with E-state index < -0.39 is 0 Å². The van der Waals surface area contributed by atoms with Crippen LogP contribution in [-0.2, 0) is 6.54 Å². The quantitative estimate of drug-likeness (QED) is 0.925. The number of piperazine rings is 1. The summed E-state index contributed by atoms with van der Waals surface area (Å²) in [4.78, 5) is 5.14. The van der Waals surface area contributed by atoms with E-state index >= 15 is 0 Å². The summed E-state index contributed by atoms with van der Waals surface area (Å²) in [5.74, 6) is 0.453. The Morgan fingerprint density at radius 3 is 2.10 bits per heavy atom.